The molecule has 0 aliphatic rings. The van der Waals surface area contributed by atoms with Gasteiger partial charge in [-0.1, -0.05) is 13.8 Å². The van der Waals surface area contributed by atoms with Crippen LogP contribution in [0, 0.1) is 0 Å². The fraction of sp³-hybridized carbons (Fsp3) is 0.667. The molecule has 1 unspecified atom stereocenters. The van der Waals surface area contributed by atoms with Gasteiger partial charge in [0.2, 0.25) is 0 Å². The summed E-state index contributed by atoms with van der Waals surface area (Å²) < 4.78 is 0. The first-order chi connectivity index (χ1) is 6.27. The van der Waals surface area contributed by atoms with Crippen molar-refractivity contribution in [2.75, 3.05) is 5.75 Å². The maximum atomic E-state index is 5.87. The Hall–Kier alpha value is -0.0600. The highest BCUT2D eigenvalue weighted by Gasteiger charge is 2.07. The summed E-state index contributed by atoms with van der Waals surface area (Å²) in [6.07, 6.45) is 0.962. The maximum Gasteiger partial charge on any atom is 0.103 e. The first-order valence-electron chi connectivity index (χ1n) is 4.55. The van der Waals surface area contributed by atoms with E-state index in [0.717, 1.165) is 23.6 Å². The second-order valence-electron chi connectivity index (χ2n) is 2.82. The molecule has 2 N–H and O–H groups in total. The van der Waals surface area contributed by atoms with Crippen molar-refractivity contribution < 1.29 is 0 Å². The van der Waals surface area contributed by atoms with E-state index >= 15 is 0 Å². The Kier molecular flexibility index (Phi) is 4.77. The van der Waals surface area contributed by atoms with Crippen molar-refractivity contribution in [1.29, 1.82) is 0 Å². The molecule has 0 fully saturated rings. The molecule has 2 nitrogen and oxygen atoms in total. The zero-order valence-corrected chi connectivity index (χ0v) is 9.75. The summed E-state index contributed by atoms with van der Waals surface area (Å²) in [6, 6.07) is 0.122. The first kappa shape index (κ1) is 11.0. The third-order valence-corrected chi connectivity index (χ3v) is 3.75. The van der Waals surface area contributed by atoms with Crippen LogP contribution in [0.1, 0.15) is 37.0 Å². The molecule has 0 bridgehead atoms. The molecule has 0 aliphatic carbocycles. The average Bonchev–Trinajstić information content (AvgIpc) is 2.62. The van der Waals surface area contributed by atoms with Crippen LogP contribution < -0.4 is 5.73 Å². The van der Waals surface area contributed by atoms with Gasteiger partial charge >= 0.3 is 0 Å². The highest BCUT2D eigenvalue weighted by molar-refractivity contribution is 7.98. The van der Waals surface area contributed by atoms with E-state index in [1.807, 2.05) is 11.8 Å². The lowest BCUT2D eigenvalue weighted by Crippen LogP contribution is -2.08. The SMILES string of the molecule is CCSCc1nc(C(N)CC)cs1. The molecular formula is C9H16N2S2. The molecule has 13 heavy (non-hydrogen) atoms. The lowest BCUT2D eigenvalue weighted by Gasteiger charge is -2.02. The van der Waals surface area contributed by atoms with Crippen molar-refractivity contribution in [2.45, 2.75) is 32.1 Å². The van der Waals surface area contributed by atoms with Crippen molar-refractivity contribution in [3.63, 3.8) is 0 Å². The van der Waals surface area contributed by atoms with Crippen LogP contribution in [0.15, 0.2) is 5.38 Å². The third kappa shape index (κ3) is 3.29. The van der Waals surface area contributed by atoms with Gasteiger partial charge in [-0.25, -0.2) is 4.98 Å². The topological polar surface area (TPSA) is 38.9 Å². The van der Waals surface area contributed by atoms with Crippen LogP contribution in [0.25, 0.3) is 0 Å². The van der Waals surface area contributed by atoms with Gasteiger partial charge in [0, 0.05) is 17.2 Å². The second-order valence-corrected chi connectivity index (χ2v) is 5.03. The number of rotatable bonds is 5. The summed E-state index contributed by atoms with van der Waals surface area (Å²) in [4.78, 5) is 4.49. The van der Waals surface area contributed by atoms with Gasteiger partial charge in [-0.15, -0.1) is 11.3 Å². The Morgan fingerprint density at radius 2 is 2.38 bits per heavy atom. The molecule has 4 heteroatoms. The van der Waals surface area contributed by atoms with Crippen molar-refractivity contribution in [3.8, 4) is 0 Å². The van der Waals surface area contributed by atoms with E-state index in [1.165, 1.54) is 5.01 Å². The molecule has 0 amide bonds. The highest BCUT2D eigenvalue weighted by Crippen LogP contribution is 2.20. The van der Waals surface area contributed by atoms with E-state index in [0.29, 0.717) is 0 Å². The minimum absolute atomic E-state index is 0.122. The van der Waals surface area contributed by atoms with Crippen LogP contribution >= 0.6 is 23.1 Å². The molecule has 0 saturated heterocycles. The van der Waals surface area contributed by atoms with Gasteiger partial charge in [0.05, 0.1) is 5.69 Å². The Bertz CT molecular complexity index is 248. The average molecular weight is 216 g/mol. The molecular weight excluding hydrogens is 200 g/mol. The number of thioether (sulfide) groups is 1. The van der Waals surface area contributed by atoms with Gasteiger partial charge in [0.25, 0.3) is 0 Å². The van der Waals surface area contributed by atoms with Crippen LogP contribution in [0.2, 0.25) is 0 Å². The monoisotopic (exact) mass is 216 g/mol. The molecule has 0 saturated carbocycles. The maximum absolute atomic E-state index is 5.87. The van der Waals surface area contributed by atoms with E-state index < -0.39 is 0 Å². The lowest BCUT2D eigenvalue weighted by atomic mass is 10.2. The van der Waals surface area contributed by atoms with Crippen molar-refractivity contribution in [2.24, 2.45) is 5.73 Å². The van der Waals surface area contributed by atoms with Crippen molar-refractivity contribution >= 4 is 23.1 Å². The first-order valence-corrected chi connectivity index (χ1v) is 6.59. The van der Waals surface area contributed by atoms with Gasteiger partial charge in [0.1, 0.15) is 5.01 Å². The zero-order valence-electron chi connectivity index (χ0n) is 8.12. The van der Waals surface area contributed by atoms with E-state index in [4.69, 9.17) is 5.73 Å². The van der Waals surface area contributed by atoms with Crippen LogP contribution in [0.3, 0.4) is 0 Å². The smallest absolute Gasteiger partial charge is 0.103 e. The van der Waals surface area contributed by atoms with Gasteiger partial charge in [-0.05, 0) is 12.2 Å². The molecule has 74 valence electrons. The largest absolute Gasteiger partial charge is 0.323 e. The summed E-state index contributed by atoms with van der Waals surface area (Å²) in [5.41, 5.74) is 6.93. The minimum Gasteiger partial charge on any atom is -0.323 e. The third-order valence-electron chi connectivity index (χ3n) is 1.82. The number of hydrogen-bond donors (Lipinski definition) is 1. The molecule has 1 rings (SSSR count). The van der Waals surface area contributed by atoms with E-state index in [-0.39, 0.29) is 6.04 Å². The van der Waals surface area contributed by atoms with Crippen molar-refractivity contribution in [3.05, 3.63) is 16.1 Å². The van der Waals surface area contributed by atoms with Crippen molar-refractivity contribution in [1.82, 2.24) is 4.98 Å². The van der Waals surface area contributed by atoms with E-state index in [9.17, 15) is 0 Å². The van der Waals surface area contributed by atoms with Crippen LogP contribution in [0.4, 0.5) is 0 Å². The van der Waals surface area contributed by atoms with Crippen LogP contribution in [-0.2, 0) is 5.75 Å². The lowest BCUT2D eigenvalue weighted by molar-refractivity contribution is 0.678. The highest BCUT2D eigenvalue weighted by atomic mass is 32.2. The number of aromatic nitrogens is 1. The minimum atomic E-state index is 0.122. The molecule has 1 aromatic heterocycles. The number of nitrogens with two attached hydrogens (primary N) is 1. The number of thiazole rings is 1. The molecule has 0 aliphatic heterocycles. The second kappa shape index (κ2) is 5.62. The number of nitrogens with zero attached hydrogens (tertiary/aromatic N) is 1. The standard InChI is InChI=1S/C9H16N2S2/c1-3-7(10)8-5-13-9(11-8)6-12-4-2/h5,7H,3-4,6,10H2,1-2H3. The molecule has 1 heterocycles. The number of hydrogen-bond acceptors (Lipinski definition) is 4. The van der Waals surface area contributed by atoms with E-state index in [2.05, 4.69) is 24.2 Å². The molecule has 0 radical (unpaired) electrons. The Morgan fingerprint density at radius 1 is 1.62 bits per heavy atom. The Morgan fingerprint density at radius 3 is 3.00 bits per heavy atom. The van der Waals surface area contributed by atoms with Gasteiger partial charge < -0.3 is 5.73 Å². The molecule has 1 aromatic rings. The summed E-state index contributed by atoms with van der Waals surface area (Å²) in [5, 5.41) is 3.28. The summed E-state index contributed by atoms with van der Waals surface area (Å²) in [5.74, 6) is 2.17. The van der Waals surface area contributed by atoms with Crippen LogP contribution in [0.5, 0.6) is 0 Å². The fourth-order valence-corrected chi connectivity index (χ4v) is 2.57. The predicted molar refractivity (Wildman–Crippen MR) is 61.2 cm³/mol. The van der Waals surface area contributed by atoms with E-state index in [1.54, 1.807) is 11.3 Å². The molecule has 0 aromatic carbocycles. The van der Waals surface area contributed by atoms with Gasteiger partial charge in [0.15, 0.2) is 0 Å². The summed E-state index contributed by atoms with van der Waals surface area (Å²) >= 11 is 3.62. The Balaban J connectivity index is 2.53. The molecule has 1 atom stereocenters. The quantitative estimate of drug-likeness (QED) is 0.822. The van der Waals surface area contributed by atoms with Gasteiger partial charge in [-0.2, -0.15) is 11.8 Å². The van der Waals surface area contributed by atoms with Crippen LogP contribution in [-0.4, -0.2) is 10.7 Å². The predicted octanol–water partition coefficient (Wildman–Crippen LogP) is 2.81. The summed E-state index contributed by atoms with van der Waals surface area (Å²) in [6.45, 7) is 4.25. The normalized spacial score (nSPS) is 13.2. The zero-order chi connectivity index (χ0) is 9.68. The fourth-order valence-electron chi connectivity index (χ4n) is 0.960. The summed E-state index contributed by atoms with van der Waals surface area (Å²) in [7, 11) is 0. The molecule has 0 spiro atoms. The Labute approximate surface area is 87.9 Å². The van der Waals surface area contributed by atoms with Gasteiger partial charge in [-0.3, -0.25) is 0 Å².